The van der Waals surface area contributed by atoms with Gasteiger partial charge in [-0.25, -0.2) is 4.98 Å². The van der Waals surface area contributed by atoms with Gasteiger partial charge in [-0.3, -0.25) is 0 Å². The van der Waals surface area contributed by atoms with Gasteiger partial charge in [-0.1, -0.05) is 34.1 Å². The molecule has 0 saturated carbocycles. The van der Waals surface area contributed by atoms with Crippen molar-refractivity contribution < 1.29 is 4.74 Å². The van der Waals surface area contributed by atoms with Crippen molar-refractivity contribution in [2.45, 2.75) is 11.4 Å². The first-order chi connectivity index (χ1) is 9.81. The molecule has 0 spiro atoms. The van der Waals surface area contributed by atoms with Crippen LogP contribution in [0, 0.1) is 11.3 Å². The molecule has 1 atom stereocenters. The number of aromatic nitrogens is 1. The molecule has 3 rings (SSSR count). The van der Waals surface area contributed by atoms with Crippen LogP contribution in [-0.2, 0) is 10.1 Å². The van der Waals surface area contributed by atoms with Crippen LogP contribution in [0.5, 0.6) is 0 Å². The molecule has 4 nitrogen and oxygen atoms in total. The zero-order chi connectivity index (χ0) is 13.9. The fourth-order valence-corrected chi connectivity index (χ4v) is 2.85. The highest BCUT2D eigenvalue weighted by molar-refractivity contribution is 9.08. The molecule has 102 valence electrons. The van der Waals surface area contributed by atoms with E-state index in [1.54, 1.807) is 0 Å². The Hall–Kier alpha value is -1.64. The molecule has 1 aliphatic heterocycles. The van der Waals surface area contributed by atoms with Gasteiger partial charge in [-0.05, 0) is 12.1 Å². The molecule has 0 bridgehead atoms. The second kappa shape index (κ2) is 5.78. The standard InChI is InChI=1S/C15H14BrN3O/c16-8-12-7-11-3-1-2-4-14(11)18-15(12)19-5-6-20-13(9-17)10-19/h1-4,7,13H,5-6,8,10H2. The van der Waals surface area contributed by atoms with Gasteiger partial charge in [0.25, 0.3) is 0 Å². The molecule has 0 N–H and O–H groups in total. The molecular formula is C15H14BrN3O. The van der Waals surface area contributed by atoms with Crippen molar-refractivity contribution in [1.29, 1.82) is 5.26 Å². The lowest BCUT2D eigenvalue weighted by atomic mass is 10.1. The molecule has 1 fully saturated rings. The van der Waals surface area contributed by atoms with Crippen molar-refractivity contribution in [3.05, 3.63) is 35.9 Å². The maximum absolute atomic E-state index is 9.02. The number of pyridine rings is 1. The predicted molar refractivity (Wildman–Crippen MR) is 81.9 cm³/mol. The van der Waals surface area contributed by atoms with Gasteiger partial charge in [0.05, 0.1) is 24.7 Å². The monoisotopic (exact) mass is 331 g/mol. The lowest BCUT2D eigenvalue weighted by Gasteiger charge is -2.32. The predicted octanol–water partition coefficient (Wildman–Crippen LogP) is 2.86. The zero-order valence-electron chi connectivity index (χ0n) is 10.9. The van der Waals surface area contributed by atoms with Crippen LogP contribution in [0.4, 0.5) is 5.82 Å². The van der Waals surface area contributed by atoms with Crippen LogP contribution >= 0.6 is 15.9 Å². The summed E-state index contributed by atoms with van der Waals surface area (Å²) < 4.78 is 5.40. The molecule has 0 aliphatic carbocycles. The number of hydrogen-bond acceptors (Lipinski definition) is 4. The number of fused-ring (bicyclic) bond motifs is 1. The van der Waals surface area contributed by atoms with Gasteiger partial charge in [0, 0.05) is 22.8 Å². The van der Waals surface area contributed by atoms with Crippen LogP contribution in [0.1, 0.15) is 5.56 Å². The number of nitriles is 1. The molecular weight excluding hydrogens is 318 g/mol. The van der Waals surface area contributed by atoms with E-state index in [0.717, 1.165) is 34.2 Å². The highest BCUT2D eigenvalue weighted by Gasteiger charge is 2.23. The van der Waals surface area contributed by atoms with E-state index in [-0.39, 0.29) is 6.10 Å². The molecule has 20 heavy (non-hydrogen) atoms. The SMILES string of the molecule is N#CC1CN(c2nc3ccccc3cc2CBr)CCO1. The van der Waals surface area contributed by atoms with Crippen LogP contribution < -0.4 is 4.90 Å². The van der Waals surface area contributed by atoms with Gasteiger partial charge in [0.15, 0.2) is 6.10 Å². The summed E-state index contributed by atoms with van der Waals surface area (Å²) in [6, 6.07) is 12.4. The first-order valence-corrected chi connectivity index (χ1v) is 7.65. The molecule has 0 radical (unpaired) electrons. The second-order valence-electron chi connectivity index (χ2n) is 4.73. The summed E-state index contributed by atoms with van der Waals surface area (Å²) >= 11 is 3.53. The van der Waals surface area contributed by atoms with Crippen molar-refractivity contribution >= 4 is 32.7 Å². The Balaban J connectivity index is 2.03. The van der Waals surface area contributed by atoms with E-state index in [0.29, 0.717) is 13.2 Å². The van der Waals surface area contributed by atoms with E-state index in [1.165, 1.54) is 0 Å². The Morgan fingerprint density at radius 2 is 2.30 bits per heavy atom. The second-order valence-corrected chi connectivity index (χ2v) is 5.29. The van der Waals surface area contributed by atoms with Crippen LogP contribution in [0.25, 0.3) is 10.9 Å². The fraction of sp³-hybridized carbons (Fsp3) is 0.333. The van der Waals surface area contributed by atoms with Gasteiger partial charge in [-0.2, -0.15) is 5.26 Å². The summed E-state index contributed by atoms with van der Waals surface area (Å²) in [5.41, 5.74) is 2.12. The van der Waals surface area contributed by atoms with Crippen molar-refractivity contribution in [3.8, 4) is 6.07 Å². The van der Waals surface area contributed by atoms with Crippen molar-refractivity contribution in [1.82, 2.24) is 4.98 Å². The number of hydrogen-bond donors (Lipinski definition) is 0. The average Bonchev–Trinajstić information content (AvgIpc) is 2.53. The summed E-state index contributed by atoms with van der Waals surface area (Å²) in [6.45, 7) is 1.90. The third-order valence-electron chi connectivity index (χ3n) is 3.43. The third kappa shape index (κ3) is 2.49. The molecule has 1 aromatic heterocycles. The molecule has 1 aliphatic rings. The number of halogens is 1. The van der Waals surface area contributed by atoms with Crippen molar-refractivity contribution in [2.75, 3.05) is 24.6 Å². The Bertz CT molecular complexity index is 668. The summed E-state index contributed by atoms with van der Waals surface area (Å²) in [6.07, 6.45) is -0.375. The summed E-state index contributed by atoms with van der Waals surface area (Å²) in [5.74, 6) is 0.948. The van der Waals surface area contributed by atoms with Crippen LogP contribution in [-0.4, -0.2) is 30.8 Å². The minimum Gasteiger partial charge on any atom is -0.360 e. The normalized spacial score (nSPS) is 19.0. The Morgan fingerprint density at radius 3 is 3.10 bits per heavy atom. The minimum atomic E-state index is -0.375. The van der Waals surface area contributed by atoms with E-state index >= 15 is 0 Å². The summed E-state index contributed by atoms with van der Waals surface area (Å²) in [5, 5.41) is 10.9. The van der Waals surface area contributed by atoms with Gasteiger partial charge < -0.3 is 9.64 Å². The molecule has 1 saturated heterocycles. The smallest absolute Gasteiger partial charge is 0.161 e. The Labute approximate surface area is 126 Å². The molecule has 2 heterocycles. The first kappa shape index (κ1) is 13.3. The van der Waals surface area contributed by atoms with E-state index < -0.39 is 0 Å². The van der Waals surface area contributed by atoms with Crippen molar-refractivity contribution in [3.63, 3.8) is 0 Å². The van der Waals surface area contributed by atoms with Gasteiger partial charge >= 0.3 is 0 Å². The maximum Gasteiger partial charge on any atom is 0.161 e. The first-order valence-electron chi connectivity index (χ1n) is 6.52. The molecule has 1 unspecified atom stereocenters. The van der Waals surface area contributed by atoms with Gasteiger partial charge in [-0.15, -0.1) is 0 Å². The van der Waals surface area contributed by atoms with Crippen molar-refractivity contribution in [2.24, 2.45) is 0 Å². The quantitative estimate of drug-likeness (QED) is 0.794. The number of para-hydroxylation sites is 1. The fourth-order valence-electron chi connectivity index (χ4n) is 2.44. The Morgan fingerprint density at radius 1 is 1.45 bits per heavy atom. The number of ether oxygens (including phenoxy) is 1. The summed E-state index contributed by atoms with van der Waals surface area (Å²) in [4.78, 5) is 6.91. The van der Waals surface area contributed by atoms with Crippen LogP contribution in [0.3, 0.4) is 0 Å². The number of morpholine rings is 1. The number of rotatable bonds is 2. The highest BCUT2D eigenvalue weighted by Crippen LogP contribution is 2.26. The molecule has 0 amide bonds. The lowest BCUT2D eigenvalue weighted by molar-refractivity contribution is 0.0761. The molecule has 2 aromatic rings. The van der Waals surface area contributed by atoms with E-state index in [1.807, 2.05) is 18.2 Å². The largest absolute Gasteiger partial charge is 0.360 e. The van der Waals surface area contributed by atoms with Gasteiger partial charge in [0.2, 0.25) is 0 Å². The highest BCUT2D eigenvalue weighted by atomic mass is 79.9. The molecule has 5 heteroatoms. The van der Waals surface area contributed by atoms with E-state index in [4.69, 9.17) is 15.0 Å². The zero-order valence-corrected chi connectivity index (χ0v) is 12.5. The topological polar surface area (TPSA) is 49.2 Å². The Kier molecular flexibility index (Phi) is 3.86. The average molecular weight is 332 g/mol. The summed E-state index contributed by atoms with van der Waals surface area (Å²) in [7, 11) is 0. The maximum atomic E-state index is 9.02. The number of anilines is 1. The number of alkyl halides is 1. The van der Waals surface area contributed by atoms with Crippen LogP contribution in [0.15, 0.2) is 30.3 Å². The third-order valence-corrected chi connectivity index (χ3v) is 4.04. The minimum absolute atomic E-state index is 0.375. The van der Waals surface area contributed by atoms with E-state index in [2.05, 4.69) is 39.0 Å². The number of benzene rings is 1. The van der Waals surface area contributed by atoms with Crippen LogP contribution in [0.2, 0.25) is 0 Å². The lowest BCUT2D eigenvalue weighted by Crippen LogP contribution is -2.42. The molecule has 1 aromatic carbocycles. The number of nitrogens with zero attached hydrogens (tertiary/aromatic N) is 3. The van der Waals surface area contributed by atoms with Gasteiger partial charge in [0.1, 0.15) is 5.82 Å². The van der Waals surface area contributed by atoms with E-state index in [9.17, 15) is 0 Å².